The minimum atomic E-state index is 0.332. The number of ether oxygens (including phenoxy) is 1. The van der Waals surface area contributed by atoms with E-state index in [1.165, 1.54) is 25.7 Å². The van der Waals surface area contributed by atoms with Gasteiger partial charge in [-0.05, 0) is 32.6 Å². The van der Waals surface area contributed by atoms with E-state index in [4.69, 9.17) is 10.5 Å². The quantitative estimate of drug-likeness (QED) is 0.439. The van der Waals surface area contributed by atoms with Gasteiger partial charge in [-0.3, -0.25) is 4.99 Å². The van der Waals surface area contributed by atoms with Crippen molar-refractivity contribution in [2.45, 2.75) is 58.6 Å². The molecule has 0 radical (unpaired) electrons. The van der Waals surface area contributed by atoms with Gasteiger partial charge >= 0.3 is 0 Å². The molecule has 1 aliphatic rings. The Bertz CT molecular complexity index is 241. The van der Waals surface area contributed by atoms with Gasteiger partial charge in [-0.2, -0.15) is 0 Å². The first-order chi connectivity index (χ1) is 8.09. The summed E-state index contributed by atoms with van der Waals surface area (Å²) in [5, 5.41) is 3.06. The normalized spacial score (nSPS) is 26.2. The molecule has 0 aliphatic heterocycles. The lowest BCUT2D eigenvalue weighted by Gasteiger charge is -2.28. The fraction of sp³-hybridized carbons (Fsp3) is 0.923. The highest BCUT2D eigenvalue weighted by molar-refractivity contribution is 5.78. The molecule has 4 nitrogen and oxygen atoms in total. The van der Waals surface area contributed by atoms with Crippen LogP contribution >= 0.6 is 0 Å². The zero-order chi connectivity index (χ0) is 12.7. The summed E-state index contributed by atoms with van der Waals surface area (Å²) in [6.45, 7) is 7.69. The lowest BCUT2D eigenvalue weighted by Crippen LogP contribution is -2.37. The van der Waals surface area contributed by atoms with E-state index < -0.39 is 0 Å². The first-order valence-electron chi connectivity index (χ1n) is 6.77. The van der Waals surface area contributed by atoms with Crippen LogP contribution in [0.15, 0.2) is 4.99 Å². The van der Waals surface area contributed by atoms with E-state index >= 15 is 0 Å². The smallest absolute Gasteiger partial charge is 0.188 e. The van der Waals surface area contributed by atoms with Crippen LogP contribution in [0.3, 0.4) is 0 Å². The summed E-state index contributed by atoms with van der Waals surface area (Å²) in [6.07, 6.45) is 5.58. The Morgan fingerprint density at radius 1 is 1.41 bits per heavy atom. The van der Waals surface area contributed by atoms with Crippen LogP contribution in [-0.2, 0) is 4.74 Å². The van der Waals surface area contributed by atoms with Crippen molar-refractivity contribution in [2.75, 3.05) is 13.2 Å². The number of hydrogen-bond acceptors (Lipinski definition) is 2. The molecule has 1 aliphatic carbocycles. The zero-order valence-corrected chi connectivity index (χ0v) is 11.4. The molecule has 0 amide bonds. The van der Waals surface area contributed by atoms with E-state index in [1.54, 1.807) is 0 Å². The lowest BCUT2D eigenvalue weighted by atomic mass is 9.88. The summed E-state index contributed by atoms with van der Waals surface area (Å²) in [6, 6.07) is 0.332. The third-order valence-corrected chi connectivity index (χ3v) is 3.17. The average Bonchev–Trinajstić information content (AvgIpc) is 2.25. The van der Waals surface area contributed by atoms with Crippen molar-refractivity contribution in [3.63, 3.8) is 0 Å². The standard InChI is InChI=1S/C13H27N3O/c1-10(2)16-13(14)15-8-9-17-12-7-5-4-6-11(12)3/h10-12H,4-9H2,1-3H3,(H3,14,15,16). The van der Waals surface area contributed by atoms with Gasteiger partial charge in [-0.15, -0.1) is 0 Å². The molecule has 2 unspecified atom stereocenters. The van der Waals surface area contributed by atoms with Crippen molar-refractivity contribution in [1.29, 1.82) is 0 Å². The number of nitrogens with two attached hydrogens (primary N) is 1. The summed E-state index contributed by atoms with van der Waals surface area (Å²) in [5.41, 5.74) is 5.70. The van der Waals surface area contributed by atoms with Crippen LogP contribution < -0.4 is 11.1 Å². The molecule has 1 fully saturated rings. The van der Waals surface area contributed by atoms with Crippen LogP contribution in [0.1, 0.15) is 46.5 Å². The third-order valence-electron chi connectivity index (χ3n) is 3.17. The molecule has 0 heterocycles. The lowest BCUT2D eigenvalue weighted by molar-refractivity contribution is -0.000657. The van der Waals surface area contributed by atoms with E-state index in [1.807, 2.05) is 13.8 Å². The fourth-order valence-electron chi connectivity index (χ4n) is 2.24. The van der Waals surface area contributed by atoms with Crippen LogP contribution in [0.2, 0.25) is 0 Å². The maximum atomic E-state index is 5.86. The first-order valence-corrected chi connectivity index (χ1v) is 6.77. The Hall–Kier alpha value is -0.770. The largest absolute Gasteiger partial charge is 0.376 e. The molecule has 100 valence electrons. The van der Waals surface area contributed by atoms with Gasteiger partial charge in [-0.25, -0.2) is 0 Å². The van der Waals surface area contributed by atoms with Crippen LogP contribution in [0, 0.1) is 5.92 Å². The van der Waals surface area contributed by atoms with Gasteiger partial charge in [0.05, 0.1) is 19.3 Å². The van der Waals surface area contributed by atoms with Gasteiger partial charge < -0.3 is 15.8 Å². The van der Waals surface area contributed by atoms with Gasteiger partial charge in [0.15, 0.2) is 5.96 Å². The summed E-state index contributed by atoms with van der Waals surface area (Å²) >= 11 is 0. The van der Waals surface area contributed by atoms with Crippen molar-refractivity contribution < 1.29 is 4.74 Å². The summed E-state index contributed by atoms with van der Waals surface area (Å²) in [7, 11) is 0. The molecule has 0 aromatic rings. The van der Waals surface area contributed by atoms with E-state index in [0.717, 1.165) is 0 Å². The molecule has 17 heavy (non-hydrogen) atoms. The molecular weight excluding hydrogens is 214 g/mol. The molecule has 3 N–H and O–H groups in total. The number of guanidine groups is 1. The van der Waals surface area contributed by atoms with Crippen molar-refractivity contribution in [1.82, 2.24) is 5.32 Å². The maximum Gasteiger partial charge on any atom is 0.188 e. The predicted octanol–water partition coefficient (Wildman–Crippen LogP) is 1.89. The fourth-order valence-corrected chi connectivity index (χ4v) is 2.24. The van der Waals surface area contributed by atoms with Crippen molar-refractivity contribution in [3.05, 3.63) is 0 Å². The first kappa shape index (κ1) is 14.3. The summed E-state index contributed by atoms with van der Waals surface area (Å²) in [4.78, 5) is 4.23. The number of nitrogens with zero attached hydrogens (tertiary/aromatic N) is 1. The SMILES string of the molecule is CC(C)NC(N)=NCCOC1CCCCC1C. The molecule has 0 saturated heterocycles. The second-order valence-electron chi connectivity index (χ2n) is 5.24. The monoisotopic (exact) mass is 241 g/mol. The minimum Gasteiger partial charge on any atom is -0.376 e. The van der Waals surface area contributed by atoms with Gasteiger partial charge in [0.1, 0.15) is 0 Å². The second kappa shape index (κ2) is 7.54. The van der Waals surface area contributed by atoms with Gasteiger partial charge in [-0.1, -0.05) is 19.8 Å². The molecular formula is C13H27N3O. The highest BCUT2D eigenvalue weighted by Crippen LogP contribution is 2.25. The highest BCUT2D eigenvalue weighted by Gasteiger charge is 2.21. The van der Waals surface area contributed by atoms with Crippen molar-refractivity contribution in [2.24, 2.45) is 16.6 Å². The molecule has 0 bridgehead atoms. The van der Waals surface area contributed by atoms with Crippen LogP contribution in [0.25, 0.3) is 0 Å². The summed E-state index contributed by atoms with van der Waals surface area (Å²) in [5.74, 6) is 1.21. The number of aliphatic imine (C=N–C) groups is 1. The highest BCUT2D eigenvalue weighted by atomic mass is 16.5. The third kappa shape index (κ3) is 5.91. The summed E-state index contributed by atoms with van der Waals surface area (Å²) < 4.78 is 5.86. The molecule has 0 aromatic carbocycles. The predicted molar refractivity (Wildman–Crippen MR) is 72.1 cm³/mol. The molecule has 1 saturated carbocycles. The van der Waals surface area contributed by atoms with Crippen molar-refractivity contribution >= 4 is 5.96 Å². The second-order valence-corrected chi connectivity index (χ2v) is 5.24. The van der Waals surface area contributed by atoms with E-state index in [0.29, 0.717) is 37.2 Å². The molecule has 0 spiro atoms. The molecule has 2 atom stereocenters. The molecule has 4 heteroatoms. The van der Waals surface area contributed by atoms with Crippen LogP contribution in [-0.4, -0.2) is 31.3 Å². The Labute approximate surface area is 105 Å². The number of rotatable bonds is 5. The molecule has 0 aromatic heterocycles. The molecule has 1 rings (SSSR count). The number of nitrogens with one attached hydrogen (secondary N) is 1. The van der Waals surface area contributed by atoms with Crippen molar-refractivity contribution in [3.8, 4) is 0 Å². The van der Waals surface area contributed by atoms with Gasteiger partial charge in [0, 0.05) is 6.04 Å². The Balaban J connectivity index is 2.14. The minimum absolute atomic E-state index is 0.332. The van der Waals surface area contributed by atoms with E-state index in [-0.39, 0.29) is 0 Å². The Morgan fingerprint density at radius 2 is 2.12 bits per heavy atom. The number of hydrogen-bond donors (Lipinski definition) is 2. The van der Waals surface area contributed by atoms with E-state index in [9.17, 15) is 0 Å². The zero-order valence-electron chi connectivity index (χ0n) is 11.4. The average molecular weight is 241 g/mol. The van der Waals surface area contributed by atoms with E-state index in [2.05, 4.69) is 17.2 Å². The maximum absolute atomic E-state index is 5.86. The Morgan fingerprint density at radius 3 is 2.76 bits per heavy atom. The Kier molecular flexibility index (Phi) is 6.34. The van der Waals surface area contributed by atoms with Gasteiger partial charge in [0.25, 0.3) is 0 Å². The van der Waals surface area contributed by atoms with Crippen LogP contribution in [0.5, 0.6) is 0 Å². The topological polar surface area (TPSA) is 59.6 Å². The van der Waals surface area contributed by atoms with Crippen LogP contribution in [0.4, 0.5) is 0 Å². The van der Waals surface area contributed by atoms with Gasteiger partial charge in [0.2, 0.25) is 0 Å².